The van der Waals surface area contributed by atoms with E-state index in [1.807, 2.05) is 0 Å². The fourth-order valence-corrected chi connectivity index (χ4v) is 2.90. The van der Waals surface area contributed by atoms with Gasteiger partial charge in [-0.25, -0.2) is 0 Å². The molecule has 0 unspecified atom stereocenters. The molecule has 4 nitrogen and oxygen atoms in total. The van der Waals surface area contributed by atoms with Gasteiger partial charge in [0.25, 0.3) is 11.8 Å². The Labute approximate surface area is 148 Å². The number of hydrogen-bond acceptors (Lipinski definition) is 2. The first kappa shape index (κ1) is 18.0. The second kappa shape index (κ2) is 7.19. The Bertz CT molecular complexity index is 810. The molecule has 7 heteroatoms. The molecule has 0 radical (unpaired) electrons. The maximum absolute atomic E-state index is 13.0. The fraction of sp³-hybridized carbons (Fsp3) is 0.263. The van der Waals surface area contributed by atoms with Crippen LogP contribution < -0.4 is 5.32 Å². The van der Waals surface area contributed by atoms with Gasteiger partial charge in [-0.15, -0.1) is 0 Å². The van der Waals surface area contributed by atoms with Gasteiger partial charge in [0.05, 0.1) is 11.3 Å². The van der Waals surface area contributed by atoms with Gasteiger partial charge in [0, 0.05) is 24.2 Å². The van der Waals surface area contributed by atoms with Crippen molar-refractivity contribution in [2.45, 2.75) is 19.0 Å². The lowest BCUT2D eigenvalue weighted by Crippen LogP contribution is -2.27. The highest BCUT2D eigenvalue weighted by Crippen LogP contribution is 2.34. The number of hydrogen-bond donors (Lipinski definition) is 1. The van der Waals surface area contributed by atoms with Gasteiger partial charge < -0.3 is 10.2 Å². The summed E-state index contributed by atoms with van der Waals surface area (Å²) in [6, 6.07) is 10.7. The van der Waals surface area contributed by atoms with Gasteiger partial charge in [-0.2, -0.15) is 13.2 Å². The highest BCUT2D eigenvalue weighted by Gasteiger charge is 2.33. The summed E-state index contributed by atoms with van der Waals surface area (Å²) >= 11 is 0. The summed E-state index contributed by atoms with van der Waals surface area (Å²) in [6.07, 6.45) is -2.61. The van der Waals surface area contributed by atoms with Crippen LogP contribution in [0.2, 0.25) is 0 Å². The maximum Gasteiger partial charge on any atom is 0.418 e. The standard InChI is InChI=1S/C19H17F3N2O2/c20-19(21,22)15-5-1-2-6-16(15)23-17(25)13-7-9-14(10-8-13)18(26)24-11-3-4-12-24/h1-2,5-10H,3-4,11-12H2,(H,23,25). The first-order chi connectivity index (χ1) is 12.4. The van der Waals surface area contributed by atoms with Crippen molar-refractivity contribution in [3.63, 3.8) is 0 Å². The molecular formula is C19H17F3N2O2. The quantitative estimate of drug-likeness (QED) is 0.890. The van der Waals surface area contributed by atoms with Crippen LogP contribution in [0.15, 0.2) is 48.5 Å². The van der Waals surface area contributed by atoms with Crippen LogP contribution in [0.4, 0.5) is 18.9 Å². The molecule has 3 rings (SSSR count). The number of amides is 2. The highest BCUT2D eigenvalue weighted by molar-refractivity contribution is 6.05. The Kier molecular flexibility index (Phi) is 4.97. The zero-order valence-corrected chi connectivity index (χ0v) is 13.8. The minimum Gasteiger partial charge on any atom is -0.339 e. The van der Waals surface area contributed by atoms with Crippen LogP contribution in [0, 0.1) is 0 Å². The van der Waals surface area contributed by atoms with Crippen molar-refractivity contribution in [2.24, 2.45) is 0 Å². The van der Waals surface area contributed by atoms with Crippen LogP contribution in [-0.4, -0.2) is 29.8 Å². The lowest BCUT2D eigenvalue weighted by atomic mass is 10.1. The van der Waals surface area contributed by atoms with Crippen molar-refractivity contribution in [2.75, 3.05) is 18.4 Å². The Morgan fingerprint density at radius 3 is 2.08 bits per heavy atom. The predicted molar refractivity (Wildman–Crippen MR) is 91.0 cm³/mol. The second-order valence-electron chi connectivity index (χ2n) is 6.07. The van der Waals surface area contributed by atoms with Crippen LogP contribution >= 0.6 is 0 Å². The number of nitrogens with one attached hydrogen (secondary N) is 1. The first-order valence-electron chi connectivity index (χ1n) is 8.23. The number of rotatable bonds is 3. The molecule has 0 spiro atoms. The van der Waals surface area contributed by atoms with E-state index in [1.165, 1.54) is 42.5 Å². The SMILES string of the molecule is O=C(Nc1ccccc1C(F)(F)F)c1ccc(C(=O)N2CCCC2)cc1. The Morgan fingerprint density at radius 2 is 1.46 bits per heavy atom. The third kappa shape index (κ3) is 3.87. The number of nitrogens with zero attached hydrogens (tertiary/aromatic N) is 1. The number of para-hydroxylation sites is 1. The maximum atomic E-state index is 13.0. The summed E-state index contributed by atoms with van der Waals surface area (Å²) in [5, 5.41) is 2.28. The summed E-state index contributed by atoms with van der Waals surface area (Å²) in [4.78, 5) is 26.3. The van der Waals surface area contributed by atoms with Crippen LogP contribution in [0.1, 0.15) is 39.1 Å². The number of alkyl halides is 3. The largest absolute Gasteiger partial charge is 0.418 e. The van der Waals surface area contributed by atoms with Gasteiger partial charge in [0.1, 0.15) is 0 Å². The van der Waals surface area contributed by atoms with Crippen molar-refractivity contribution in [3.05, 3.63) is 65.2 Å². The summed E-state index contributed by atoms with van der Waals surface area (Å²) in [5.41, 5.74) is -0.574. The molecule has 1 saturated heterocycles. The molecule has 0 aromatic heterocycles. The van der Waals surface area contributed by atoms with Crippen molar-refractivity contribution in [3.8, 4) is 0 Å². The van der Waals surface area contributed by atoms with E-state index >= 15 is 0 Å². The van der Waals surface area contributed by atoms with E-state index in [1.54, 1.807) is 4.90 Å². The Hall–Kier alpha value is -2.83. The number of benzene rings is 2. The molecule has 0 saturated carbocycles. The van der Waals surface area contributed by atoms with Gasteiger partial charge in [-0.05, 0) is 49.2 Å². The van der Waals surface area contributed by atoms with E-state index in [0.717, 1.165) is 32.0 Å². The van der Waals surface area contributed by atoms with E-state index in [-0.39, 0.29) is 17.2 Å². The molecule has 0 bridgehead atoms. The molecule has 26 heavy (non-hydrogen) atoms. The minimum absolute atomic E-state index is 0.100. The predicted octanol–water partition coefficient (Wildman–Crippen LogP) is 4.19. The van der Waals surface area contributed by atoms with E-state index in [9.17, 15) is 22.8 Å². The van der Waals surface area contributed by atoms with E-state index in [4.69, 9.17) is 0 Å². The average Bonchev–Trinajstić information content (AvgIpc) is 3.15. The zero-order chi connectivity index (χ0) is 18.7. The Morgan fingerprint density at radius 1 is 0.885 bits per heavy atom. The number of carbonyl (C=O) groups is 2. The molecule has 1 aliphatic rings. The summed E-state index contributed by atoms with van der Waals surface area (Å²) in [5.74, 6) is -0.765. The van der Waals surface area contributed by atoms with Crippen LogP contribution in [0.3, 0.4) is 0 Å². The number of likely N-dealkylation sites (tertiary alicyclic amines) is 1. The van der Waals surface area contributed by atoms with Crippen molar-refractivity contribution in [1.82, 2.24) is 4.90 Å². The zero-order valence-electron chi connectivity index (χ0n) is 13.8. The lowest BCUT2D eigenvalue weighted by Gasteiger charge is -2.15. The number of carbonyl (C=O) groups excluding carboxylic acids is 2. The van der Waals surface area contributed by atoms with Crippen molar-refractivity contribution < 1.29 is 22.8 Å². The van der Waals surface area contributed by atoms with E-state index < -0.39 is 17.6 Å². The molecule has 1 N–H and O–H groups in total. The van der Waals surface area contributed by atoms with Crippen LogP contribution in [-0.2, 0) is 6.18 Å². The monoisotopic (exact) mass is 362 g/mol. The molecule has 0 atom stereocenters. The number of halogens is 3. The topological polar surface area (TPSA) is 49.4 Å². The summed E-state index contributed by atoms with van der Waals surface area (Å²) in [6.45, 7) is 1.44. The van der Waals surface area contributed by atoms with Crippen molar-refractivity contribution in [1.29, 1.82) is 0 Å². The lowest BCUT2D eigenvalue weighted by molar-refractivity contribution is -0.136. The smallest absolute Gasteiger partial charge is 0.339 e. The second-order valence-corrected chi connectivity index (χ2v) is 6.07. The van der Waals surface area contributed by atoms with Crippen LogP contribution in [0.5, 0.6) is 0 Å². The molecule has 1 aliphatic heterocycles. The fourth-order valence-electron chi connectivity index (χ4n) is 2.90. The Balaban J connectivity index is 1.74. The van der Waals surface area contributed by atoms with Gasteiger partial charge in [-0.1, -0.05) is 12.1 Å². The summed E-state index contributed by atoms with van der Waals surface area (Å²) < 4.78 is 39.0. The first-order valence-corrected chi connectivity index (χ1v) is 8.23. The van der Waals surface area contributed by atoms with Gasteiger partial charge >= 0.3 is 6.18 Å². The molecule has 2 amide bonds. The molecular weight excluding hydrogens is 345 g/mol. The average molecular weight is 362 g/mol. The van der Waals surface area contributed by atoms with Gasteiger partial charge in [0.2, 0.25) is 0 Å². The molecule has 2 aromatic rings. The van der Waals surface area contributed by atoms with Gasteiger partial charge in [-0.3, -0.25) is 9.59 Å². The van der Waals surface area contributed by atoms with Crippen LogP contribution in [0.25, 0.3) is 0 Å². The third-order valence-electron chi connectivity index (χ3n) is 4.27. The van der Waals surface area contributed by atoms with Gasteiger partial charge in [0.15, 0.2) is 0 Å². The normalized spacial score (nSPS) is 14.3. The van der Waals surface area contributed by atoms with E-state index in [2.05, 4.69) is 5.32 Å². The summed E-state index contributed by atoms with van der Waals surface area (Å²) in [7, 11) is 0. The molecule has 1 fully saturated rings. The molecule has 0 aliphatic carbocycles. The highest BCUT2D eigenvalue weighted by atomic mass is 19.4. The third-order valence-corrected chi connectivity index (χ3v) is 4.27. The molecule has 2 aromatic carbocycles. The van der Waals surface area contributed by atoms with Crippen molar-refractivity contribution >= 4 is 17.5 Å². The molecule has 1 heterocycles. The molecule has 136 valence electrons. The number of anilines is 1. The van der Waals surface area contributed by atoms with E-state index in [0.29, 0.717) is 5.56 Å². The minimum atomic E-state index is -4.56.